The molecular weight excluding hydrogens is 422 g/mol. The van der Waals surface area contributed by atoms with Crippen molar-refractivity contribution in [2.45, 2.75) is 12.5 Å². The molecule has 0 fully saturated rings. The van der Waals surface area contributed by atoms with E-state index in [9.17, 15) is 14.9 Å². The molecule has 3 aromatic carbocycles. The number of hydrogen-bond acceptors (Lipinski definition) is 6. The highest BCUT2D eigenvalue weighted by Gasteiger charge is 2.31. The van der Waals surface area contributed by atoms with Crippen LogP contribution in [0.15, 0.2) is 66.7 Å². The maximum absolute atomic E-state index is 12.9. The van der Waals surface area contributed by atoms with E-state index >= 15 is 0 Å². The molecule has 1 heterocycles. The number of fused-ring (bicyclic) bond motifs is 1. The van der Waals surface area contributed by atoms with Crippen LogP contribution in [0.1, 0.15) is 22.7 Å². The molecule has 0 radical (unpaired) electrons. The van der Waals surface area contributed by atoms with Crippen LogP contribution in [0, 0.1) is 10.1 Å². The summed E-state index contributed by atoms with van der Waals surface area (Å²) in [7, 11) is 3.22. The molecule has 0 bridgehead atoms. The predicted octanol–water partition coefficient (Wildman–Crippen LogP) is 4.20. The number of nitro benzene ring substituents is 1. The number of non-ortho nitro benzene ring substituents is 1. The topological polar surface area (TPSA) is 93.9 Å². The van der Waals surface area contributed by atoms with Crippen molar-refractivity contribution < 1.29 is 19.2 Å². The van der Waals surface area contributed by atoms with Gasteiger partial charge >= 0.3 is 0 Å². The van der Waals surface area contributed by atoms with E-state index in [0.29, 0.717) is 23.7 Å². The molecule has 33 heavy (non-hydrogen) atoms. The summed E-state index contributed by atoms with van der Waals surface area (Å²) in [6.07, 6.45) is 0.753. The third kappa shape index (κ3) is 4.80. The van der Waals surface area contributed by atoms with Crippen molar-refractivity contribution in [3.63, 3.8) is 0 Å². The zero-order valence-electron chi connectivity index (χ0n) is 18.5. The Morgan fingerprint density at radius 3 is 2.48 bits per heavy atom. The van der Waals surface area contributed by atoms with E-state index in [4.69, 9.17) is 9.47 Å². The molecule has 1 amide bonds. The highest BCUT2D eigenvalue weighted by atomic mass is 16.6. The van der Waals surface area contributed by atoms with Crippen LogP contribution in [0.3, 0.4) is 0 Å². The molecule has 0 aromatic heterocycles. The van der Waals surface area contributed by atoms with Gasteiger partial charge in [0.2, 0.25) is 5.91 Å². The van der Waals surface area contributed by atoms with E-state index in [2.05, 4.69) is 10.2 Å². The molecule has 4 rings (SSSR count). The van der Waals surface area contributed by atoms with Crippen molar-refractivity contribution in [3.8, 4) is 11.5 Å². The molecule has 8 nitrogen and oxygen atoms in total. The molecule has 0 spiro atoms. The second-order valence-corrected chi connectivity index (χ2v) is 7.80. The summed E-state index contributed by atoms with van der Waals surface area (Å²) in [6, 6.07) is 19.8. The number of hydrogen-bond donors (Lipinski definition) is 1. The molecule has 1 N–H and O–H groups in total. The maximum Gasteiger partial charge on any atom is 0.271 e. The number of anilines is 1. The Kier molecular flexibility index (Phi) is 6.55. The third-order valence-electron chi connectivity index (χ3n) is 5.78. The van der Waals surface area contributed by atoms with Crippen molar-refractivity contribution in [2.24, 2.45) is 0 Å². The lowest BCUT2D eigenvalue weighted by Gasteiger charge is -2.37. The Bertz CT molecular complexity index is 1170. The van der Waals surface area contributed by atoms with Crippen molar-refractivity contribution in [1.29, 1.82) is 0 Å². The van der Waals surface area contributed by atoms with Crippen LogP contribution >= 0.6 is 0 Å². The Morgan fingerprint density at radius 1 is 1.06 bits per heavy atom. The van der Waals surface area contributed by atoms with Gasteiger partial charge in [-0.3, -0.25) is 19.8 Å². The molecule has 0 saturated heterocycles. The van der Waals surface area contributed by atoms with Crippen LogP contribution < -0.4 is 14.8 Å². The summed E-state index contributed by atoms with van der Waals surface area (Å²) in [4.78, 5) is 25.6. The van der Waals surface area contributed by atoms with Crippen molar-refractivity contribution in [2.75, 3.05) is 32.6 Å². The summed E-state index contributed by atoms with van der Waals surface area (Å²) in [5, 5.41) is 13.8. The molecule has 170 valence electrons. The Morgan fingerprint density at radius 2 is 1.79 bits per heavy atom. The first-order valence-electron chi connectivity index (χ1n) is 10.6. The van der Waals surface area contributed by atoms with Gasteiger partial charge in [0.25, 0.3) is 5.69 Å². The maximum atomic E-state index is 12.9. The van der Waals surface area contributed by atoms with Gasteiger partial charge in [0.1, 0.15) is 0 Å². The second-order valence-electron chi connectivity index (χ2n) is 7.80. The number of methoxy groups -OCH3 is 2. The fraction of sp³-hybridized carbons (Fsp3) is 0.240. The first-order valence-corrected chi connectivity index (χ1v) is 10.6. The highest BCUT2D eigenvalue weighted by molar-refractivity contribution is 5.92. The molecular formula is C25H25N3O5. The van der Waals surface area contributed by atoms with Crippen LogP contribution in [0.4, 0.5) is 11.4 Å². The predicted molar refractivity (Wildman–Crippen MR) is 125 cm³/mol. The minimum atomic E-state index is -0.482. The number of nitro groups is 1. The summed E-state index contributed by atoms with van der Waals surface area (Å²) in [6.45, 7) is 0.806. The van der Waals surface area contributed by atoms with E-state index in [1.807, 2.05) is 42.5 Å². The molecule has 0 saturated carbocycles. The van der Waals surface area contributed by atoms with Crippen LogP contribution in [-0.4, -0.2) is 43.0 Å². The fourth-order valence-corrected chi connectivity index (χ4v) is 4.28. The molecule has 0 aliphatic carbocycles. The average Bonchev–Trinajstić information content (AvgIpc) is 2.83. The van der Waals surface area contributed by atoms with Crippen LogP contribution in [0.5, 0.6) is 11.5 Å². The number of carbonyl (C=O) groups excluding carboxylic acids is 1. The van der Waals surface area contributed by atoms with Gasteiger partial charge in [-0.1, -0.05) is 36.4 Å². The van der Waals surface area contributed by atoms with Crippen LogP contribution in [-0.2, 0) is 11.2 Å². The minimum Gasteiger partial charge on any atom is -0.493 e. The summed E-state index contributed by atoms with van der Waals surface area (Å²) < 4.78 is 11.0. The van der Waals surface area contributed by atoms with Gasteiger partial charge in [0.15, 0.2) is 11.5 Å². The van der Waals surface area contributed by atoms with Gasteiger partial charge < -0.3 is 14.8 Å². The average molecular weight is 447 g/mol. The van der Waals surface area contributed by atoms with E-state index < -0.39 is 4.92 Å². The Labute approximate surface area is 191 Å². The number of ether oxygens (including phenoxy) is 2. The van der Waals surface area contributed by atoms with Crippen molar-refractivity contribution in [1.82, 2.24) is 4.90 Å². The van der Waals surface area contributed by atoms with Gasteiger partial charge in [-0.25, -0.2) is 0 Å². The van der Waals surface area contributed by atoms with Gasteiger partial charge in [0, 0.05) is 24.4 Å². The molecule has 1 aliphatic rings. The highest BCUT2D eigenvalue weighted by Crippen LogP contribution is 2.40. The quantitative estimate of drug-likeness (QED) is 0.431. The lowest BCUT2D eigenvalue weighted by atomic mass is 9.87. The largest absolute Gasteiger partial charge is 0.493 e. The zero-order valence-corrected chi connectivity index (χ0v) is 18.5. The normalized spacial score (nSPS) is 15.4. The number of nitrogens with one attached hydrogen (secondary N) is 1. The second kappa shape index (κ2) is 9.70. The number of rotatable bonds is 7. The van der Waals surface area contributed by atoms with Gasteiger partial charge in [-0.2, -0.15) is 0 Å². The first kappa shape index (κ1) is 22.3. The molecule has 1 atom stereocenters. The lowest BCUT2D eigenvalue weighted by Crippen LogP contribution is -2.41. The zero-order chi connectivity index (χ0) is 23.4. The fourth-order valence-electron chi connectivity index (χ4n) is 4.28. The number of nitrogens with zero attached hydrogens (tertiary/aromatic N) is 2. The molecule has 1 aliphatic heterocycles. The van der Waals surface area contributed by atoms with E-state index in [0.717, 1.165) is 23.1 Å². The standard InChI is InChI=1S/C25H25N3O5/c1-32-22-13-18-11-12-27(16-24(29)26-19-9-6-10-20(14-19)28(30)31)25(17-7-4-3-5-8-17)21(18)15-23(22)33-2/h3-10,13-15,25H,11-12,16H2,1-2H3,(H,26,29)/t25-/m0/s1. The van der Waals surface area contributed by atoms with E-state index in [1.165, 1.54) is 12.1 Å². The number of benzene rings is 3. The SMILES string of the molecule is COc1cc2c(cc1OC)[C@H](c1ccccc1)N(CC(=O)Nc1cccc([N+](=O)[O-])c1)CC2. The van der Waals surface area contributed by atoms with Crippen LogP contribution in [0.25, 0.3) is 0 Å². The van der Waals surface area contributed by atoms with E-state index in [1.54, 1.807) is 26.4 Å². The van der Waals surface area contributed by atoms with Crippen molar-refractivity contribution >= 4 is 17.3 Å². The smallest absolute Gasteiger partial charge is 0.271 e. The number of carbonyl (C=O) groups is 1. The molecule has 8 heteroatoms. The lowest BCUT2D eigenvalue weighted by molar-refractivity contribution is -0.384. The molecule has 0 unspecified atom stereocenters. The Balaban J connectivity index is 1.63. The van der Waals surface area contributed by atoms with Gasteiger partial charge in [0.05, 0.1) is 31.7 Å². The third-order valence-corrected chi connectivity index (χ3v) is 5.78. The summed E-state index contributed by atoms with van der Waals surface area (Å²) in [5.41, 5.74) is 3.61. The number of amides is 1. The molecule has 3 aromatic rings. The van der Waals surface area contributed by atoms with Crippen LogP contribution in [0.2, 0.25) is 0 Å². The monoisotopic (exact) mass is 447 g/mol. The summed E-state index contributed by atoms with van der Waals surface area (Å²) >= 11 is 0. The van der Waals surface area contributed by atoms with Crippen molar-refractivity contribution in [3.05, 3.63) is 93.5 Å². The summed E-state index contributed by atoms with van der Waals surface area (Å²) in [5.74, 6) is 1.08. The van der Waals surface area contributed by atoms with Gasteiger partial charge in [-0.05, 0) is 41.3 Å². The minimum absolute atomic E-state index is 0.0668. The van der Waals surface area contributed by atoms with Gasteiger partial charge in [-0.15, -0.1) is 0 Å². The van der Waals surface area contributed by atoms with E-state index in [-0.39, 0.29) is 24.2 Å². The first-order chi connectivity index (χ1) is 16.0. The Hall–Kier alpha value is -3.91.